The van der Waals surface area contributed by atoms with Crippen molar-refractivity contribution < 1.29 is 24.3 Å². The standard InChI is InChI=1S/C19H20N10O5S2/c1-8-3-4-10-27(7-21-29(10)24-8)5-9-6-35-17-12(16(31)28(17)13(9)18(32)33)22-15(30)11(25-34-2)14-23-19(20)36-26-14/h4,7,12,17H,3,5-6H2,1-2H3,(H,22,30)(H,32,33)(H2,20,23,26)/t12?,17-/m0/s1. The third kappa shape index (κ3) is 4.05. The Labute approximate surface area is 212 Å². The summed E-state index contributed by atoms with van der Waals surface area (Å²) in [6.45, 7) is 2.12. The van der Waals surface area contributed by atoms with E-state index in [1.165, 1.54) is 28.9 Å². The van der Waals surface area contributed by atoms with Gasteiger partial charge in [0.25, 0.3) is 11.8 Å². The highest BCUT2D eigenvalue weighted by atomic mass is 32.2. The molecule has 17 heteroatoms. The SMILES string of the molecule is CON=C(C(=O)NC1C(=O)N2C(C(=O)O)=C(CN3C=NN4N=C(C)CC=C34)CS[C@@H]12)c1nsc(N)n1. The molecule has 0 aliphatic carbocycles. The van der Waals surface area contributed by atoms with Crippen LogP contribution >= 0.6 is 23.3 Å². The number of thioether (sulfide) groups is 1. The molecule has 0 radical (unpaired) electrons. The summed E-state index contributed by atoms with van der Waals surface area (Å²) in [5.41, 5.74) is 6.70. The number of nitrogens with one attached hydrogen (secondary N) is 1. The molecule has 1 unspecified atom stereocenters. The number of hydrazone groups is 2. The second-order valence-corrected chi connectivity index (χ2v) is 9.84. The van der Waals surface area contributed by atoms with Gasteiger partial charge in [-0.1, -0.05) is 5.16 Å². The molecule has 4 N–H and O–H groups in total. The summed E-state index contributed by atoms with van der Waals surface area (Å²) in [4.78, 5) is 49.7. The predicted molar refractivity (Wildman–Crippen MR) is 130 cm³/mol. The van der Waals surface area contributed by atoms with E-state index in [2.05, 4.69) is 30.0 Å². The summed E-state index contributed by atoms with van der Waals surface area (Å²) in [5.74, 6) is -1.49. The van der Waals surface area contributed by atoms with Crippen LogP contribution in [0.1, 0.15) is 19.2 Å². The number of carboxylic acid groups (broad SMARTS) is 1. The number of carboxylic acids is 1. The highest BCUT2D eigenvalue weighted by Gasteiger charge is 2.54. The molecule has 2 amide bonds. The number of nitrogens with zero attached hydrogens (tertiary/aromatic N) is 8. The Kier molecular flexibility index (Phi) is 6.09. The Morgan fingerprint density at radius 2 is 2.22 bits per heavy atom. The molecule has 5 heterocycles. The minimum atomic E-state index is -1.23. The van der Waals surface area contributed by atoms with Crippen molar-refractivity contribution in [3.63, 3.8) is 0 Å². The summed E-state index contributed by atoms with van der Waals surface area (Å²) >= 11 is 2.23. The molecule has 1 aromatic heterocycles. The van der Waals surface area contributed by atoms with Crippen molar-refractivity contribution in [1.82, 2.24) is 29.6 Å². The fourth-order valence-corrected chi connectivity index (χ4v) is 5.78. The van der Waals surface area contributed by atoms with Crippen LogP contribution in [-0.2, 0) is 19.2 Å². The van der Waals surface area contributed by atoms with Gasteiger partial charge >= 0.3 is 5.97 Å². The van der Waals surface area contributed by atoms with E-state index in [0.29, 0.717) is 17.7 Å². The first kappa shape index (κ1) is 23.7. The van der Waals surface area contributed by atoms with Gasteiger partial charge in [0.1, 0.15) is 30.6 Å². The normalized spacial score (nSPS) is 23.1. The number of amides is 2. The number of nitrogens with two attached hydrogens (primary N) is 1. The Bertz CT molecular complexity index is 1300. The first-order chi connectivity index (χ1) is 17.3. The molecule has 0 saturated carbocycles. The van der Waals surface area contributed by atoms with Gasteiger partial charge in [-0.05, 0) is 18.6 Å². The fraction of sp³-hybridized carbons (Fsp3) is 0.368. The molecule has 4 aliphatic rings. The molecule has 0 spiro atoms. The Balaban J connectivity index is 1.32. The number of carbonyl (C=O) groups excluding carboxylic acids is 2. The number of carbonyl (C=O) groups is 3. The second kappa shape index (κ2) is 9.23. The Hall–Kier alpha value is -3.99. The zero-order valence-electron chi connectivity index (χ0n) is 19.0. The van der Waals surface area contributed by atoms with Crippen molar-refractivity contribution in [3.8, 4) is 0 Å². The van der Waals surface area contributed by atoms with E-state index < -0.39 is 29.2 Å². The van der Waals surface area contributed by atoms with Crippen molar-refractivity contribution in [2.75, 3.05) is 25.1 Å². The monoisotopic (exact) mass is 532 g/mol. The van der Waals surface area contributed by atoms with Crippen molar-refractivity contribution in [3.05, 3.63) is 29.0 Å². The quantitative estimate of drug-likeness (QED) is 0.231. The van der Waals surface area contributed by atoms with Crippen molar-refractivity contribution in [2.45, 2.75) is 24.8 Å². The molecular weight excluding hydrogens is 512 g/mol. The molecule has 0 aromatic carbocycles. The van der Waals surface area contributed by atoms with Crippen LogP contribution in [0, 0.1) is 0 Å². The van der Waals surface area contributed by atoms with Crippen molar-refractivity contribution >= 4 is 64.0 Å². The van der Waals surface area contributed by atoms with Gasteiger partial charge < -0.3 is 25.9 Å². The molecule has 5 rings (SSSR count). The average Bonchev–Trinajstić information content (AvgIpc) is 3.45. The first-order valence-corrected chi connectivity index (χ1v) is 12.4. The minimum Gasteiger partial charge on any atom is -0.477 e. The lowest BCUT2D eigenvalue weighted by Crippen LogP contribution is -2.71. The summed E-state index contributed by atoms with van der Waals surface area (Å²) < 4.78 is 3.95. The number of allylic oxidation sites excluding steroid dienone is 1. The topological polar surface area (TPSA) is 191 Å². The number of fused-ring (bicyclic) bond motifs is 2. The van der Waals surface area contributed by atoms with E-state index >= 15 is 0 Å². The van der Waals surface area contributed by atoms with E-state index in [1.807, 2.05) is 13.0 Å². The maximum absolute atomic E-state index is 13.0. The van der Waals surface area contributed by atoms with Gasteiger partial charge in [0.2, 0.25) is 11.5 Å². The largest absolute Gasteiger partial charge is 0.477 e. The summed E-state index contributed by atoms with van der Waals surface area (Å²) in [6, 6.07) is -0.960. The highest BCUT2D eigenvalue weighted by Crippen LogP contribution is 2.41. The third-order valence-corrected chi connectivity index (χ3v) is 7.48. The number of rotatable bonds is 7. The molecule has 15 nitrogen and oxygen atoms in total. The maximum atomic E-state index is 13.0. The van der Waals surface area contributed by atoms with Crippen LogP contribution in [0.15, 0.2) is 38.5 Å². The molecule has 188 valence electrons. The lowest BCUT2D eigenvalue weighted by Gasteiger charge is -2.49. The number of hydrogen-bond acceptors (Lipinski definition) is 14. The van der Waals surface area contributed by atoms with Gasteiger partial charge in [-0.25, -0.2) is 4.79 Å². The number of hydrogen-bond donors (Lipinski definition) is 3. The molecule has 1 fully saturated rings. The number of nitrogen functional groups attached to an aromatic ring is 1. The van der Waals surface area contributed by atoms with Crippen molar-refractivity contribution in [2.24, 2.45) is 15.4 Å². The lowest BCUT2D eigenvalue weighted by atomic mass is 10.0. The number of aliphatic carboxylic acids is 1. The summed E-state index contributed by atoms with van der Waals surface area (Å²) in [5, 5.41) is 25.8. The first-order valence-electron chi connectivity index (χ1n) is 10.5. The van der Waals surface area contributed by atoms with Crippen LogP contribution in [0.4, 0.5) is 5.13 Å². The van der Waals surface area contributed by atoms with Crippen LogP contribution in [0.2, 0.25) is 0 Å². The molecule has 4 aliphatic heterocycles. The van der Waals surface area contributed by atoms with Crippen LogP contribution < -0.4 is 11.1 Å². The van der Waals surface area contributed by atoms with Gasteiger partial charge in [0.15, 0.2) is 11.0 Å². The minimum absolute atomic E-state index is 0.0388. The van der Waals surface area contributed by atoms with Crippen molar-refractivity contribution in [1.29, 1.82) is 0 Å². The lowest BCUT2D eigenvalue weighted by molar-refractivity contribution is -0.150. The second-order valence-electron chi connectivity index (χ2n) is 7.95. The van der Waals surface area contributed by atoms with Crippen LogP contribution in [0.3, 0.4) is 0 Å². The maximum Gasteiger partial charge on any atom is 0.352 e. The Morgan fingerprint density at radius 1 is 1.42 bits per heavy atom. The van der Waals surface area contributed by atoms with Gasteiger partial charge in [0, 0.05) is 36.0 Å². The van der Waals surface area contributed by atoms with Crippen LogP contribution in [-0.4, -0.2) is 95.8 Å². The van der Waals surface area contributed by atoms with E-state index in [0.717, 1.165) is 23.1 Å². The van der Waals surface area contributed by atoms with Gasteiger partial charge in [-0.3, -0.25) is 14.5 Å². The number of aromatic nitrogens is 2. The zero-order valence-corrected chi connectivity index (χ0v) is 20.6. The number of oxime groups is 1. The van der Waals surface area contributed by atoms with Crippen LogP contribution in [0.5, 0.6) is 0 Å². The van der Waals surface area contributed by atoms with Gasteiger partial charge in [0.05, 0.1) is 0 Å². The average molecular weight is 533 g/mol. The predicted octanol–water partition coefficient (Wildman–Crippen LogP) is -0.609. The molecular formula is C19H20N10O5S2. The molecule has 1 saturated heterocycles. The Morgan fingerprint density at radius 3 is 2.92 bits per heavy atom. The zero-order chi connectivity index (χ0) is 25.6. The van der Waals surface area contributed by atoms with Gasteiger partial charge in [-0.15, -0.1) is 22.0 Å². The molecule has 0 bridgehead atoms. The molecule has 1 aromatic rings. The van der Waals surface area contributed by atoms with Gasteiger partial charge in [-0.2, -0.15) is 14.5 Å². The number of anilines is 1. The number of β-lactam (4-membered cyclic amide) rings is 1. The molecule has 2 atom stereocenters. The van der Waals surface area contributed by atoms with E-state index in [9.17, 15) is 19.5 Å². The summed E-state index contributed by atoms with van der Waals surface area (Å²) in [7, 11) is 1.25. The third-order valence-electron chi connectivity index (χ3n) is 5.59. The summed E-state index contributed by atoms with van der Waals surface area (Å²) in [6.07, 6.45) is 4.20. The van der Waals surface area contributed by atoms with E-state index in [4.69, 9.17) is 10.6 Å². The van der Waals surface area contributed by atoms with E-state index in [-0.39, 0.29) is 28.9 Å². The fourth-order valence-electron chi connectivity index (χ4n) is 4.01. The van der Waals surface area contributed by atoms with Crippen LogP contribution in [0.25, 0.3) is 0 Å². The smallest absolute Gasteiger partial charge is 0.352 e. The molecule has 36 heavy (non-hydrogen) atoms. The van der Waals surface area contributed by atoms with E-state index in [1.54, 1.807) is 11.2 Å². The highest BCUT2D eigenvalue weighted by molar-refractivity contribution is 8.00.